The van der Waals surface area contributed by atoms with E-state index in [2.05, 4.69) is 24.8 Å². The summed E-state index contributed by atoms with van der Waals surface area (Å²) in [5.74, 6) is -1.32. The number of fused-ring (bicyclic) bond motifs is 1. The molecule has 0 bridgehead atoms. The highest BCUT2D eigenvalue weighted by Gasteiger charge is 2.54. The molecular weight excluding hydrogens is 556 g/mol. The van der Waals surface area contributed by atoms with Crippen molar-refractivity contribution < 1.29 is 28.9 Å². The van der Waals surface area contributed by atoms with Crippen LogP contribution in [0, 0.1) is 0 Å². The fraction of sp³-hybridized carbons (Fsp3) is 0.400. The molecule has 1 fully saturated rings. The molecule has 0 saturated carbocycles. The van der Waals surface area contributed by atoms with Crippen LogP contribution in [0.3, 0.4) is 0 Å². The molecule has 2 aromatic rings. The topological polar surface area (TPSA) is 229 Å². The number of carbonyl (C=O) groups is 3. The van der Waals surface area contributed by atoms with Crippen LogP contribution in [0.5, 0.6) is 0 Å². The van der Waals surface area contributed by atoms with Crippen molar-refractivity contribution in [3.8, 4) is 0 Å². The van der Waals surface area contributed by atoms with Crippen LogP contribution in [0.25, 0.3) is 0 Å². The number of anilines is 3. The van der Waals surface area contributed by atoms with Crippen LogP contribution in [0.2, 0.25) is 0 Å². The Kier molecular flexibility index (Phi) is 8.22. The maximum absolute atomic E-state index is 13.0. The van der Waals surface area contributed by atoms with E-state index in [9.17, 15) is 19.5 Å². The normalized spacial score (nSPS) is 19.2. The first-order valence-electron chi connectivity index (χ1n) is 11.2. The van der Waals surface area contributed by atoms with Gasteiger partial charge < -0.3 is 32.5 Å². The number of thioether (sulfide) groups is 2. The molecular formula is C20H25N10O5S3+. The summed E-state index contributed by atoms with van der Waals surface area (Å²) in [6.07, 6.45) is 0.812. The van der Waals surface area contributed by atoms with E-state index in [4.69, 9.17) is 22.0 Å². The van der Waals surface area contributed by atoms with Gasteiger partial charge in [-0.15, -0.1) is 11.8 Å². The molecule has 2 atom stereocenters. The Hall–Kier alpha value is -3.64. The van der Waals surface area contributed by atoms with Crippen LogP contribution in [-0.4, -0.2) is 77.9 Å². The average Bonchev–Trinajstić information content (AvgIpc) is 3.31. The minimum absolute atomic E-state index is 0.0479. The Labute approximate surface area is 229 Å². The van der Waals surface area contributed by atoms with Gasteiger partial charge in [0, 0.05) is 23.0 Å². The standard InChI is InChI=1S/C20H24N10O5S3/c1-3-4-29-10(22)5-9(21)24-20(29)37-7-8-6-36-17-12(16(32)30(17)13(8)18(33)34)25-15(31)11(27-35-2)14-26-19(23)38-28-14/h5,12,17H,3-4,6-7H2,1-2H3,(H7,21,22,23,25,26,28,31,33,34)/p+1/b27-11-/t12?,17-/m1/s1. The summed E-state index contributed by atoms with van der Waals surface area (Å²) < 4.78 is 5.76. The van der Waals surface area contributed by atoms with Gasteiger partial charge in [0.25, 0.3) is 11.8 Å². The van der Waals surface area contributed by atoms with Gasteiger partial charge in [0.2, 0.25) is 23.2 Å². The predicted molar refractivity (Wildman–Crippen MR) is 142 cm³/mol. The fourth-order valence-corrected chi connectivity index (χ4v) is 6.84. The van der Waals surface area contributed by atoms with E-state index in [0.717, 1.165) is 18.0 Å². The van der Waals surface area contributed by atoms with Crippen LogP contribution < -0.4 is 27.1 Å². The number of carbonyl (C=O) groups excluding carboxylic acids is 2. The van der Waals surface area contributed by atoms with Crippen LogP contribution in [0.15, 0.2) is 27.6 Å². The SMILES string of the molecule is CCC[n+]1c(N)cc(N)nc1SCC1=C(C(=O)O)N2C(=O)C(NC(=O)/C(=N\OC)c3nsc(N)n3)[C@H]2SC1. The molecule has 0 aliphatic carbocycles. The number of aromatic nitrogens is 4. The second-order valence-corrected chi connectivity index (χ2v) is 10.9. The van der Waals surface area contributed by atoms with E-state index in [1.54, 1.807) is 6.07 Å². The molecule has 1 unspecified atom stereocenters. The van der Waals surface area contributed by atoms with E-state index in [1.807, 2.05) is 11.5 Å². The number of hydrogen-bond acceptors (Lipinski definition) is 14. The summed E-state index contributed by atoms with van der Waals surface area (Å²) in [5, 5.41) is 16.3. The Balaban J connectivity index is 1.52. The van der Waals surface area contributed by atoms with Gasteiger partial charge in [0.05, 0.1) is 12.6 Å². The second-order valence-electron chi connectivity index (χ2n) is 8.03. The van der Waals surface area contributed by atoms with Gasteiger partial charge >= 0.3 is 11.1 Å². The fourth-order valence-electron chi connectivity index (χ4n) is 3.86. The summed E-state index contributed by atoms with van der Waals surface area (Å²) in [7, 11) is 1.25. The molecule has 15 nitrogen and oxygen atoms in total. The van der Waals surface area contributed by atoms with Crippen LogP contribution in [0.1, 0.15) is 19.2 Å². The number of oxime groups is 1. The Morgan fingerprint density at radius 1 is 1.37 bits per heavy atom. The number of aliphatic carboxylic acids is 1. The van der Waals surface area contributed by atoms with E-state index >= 15 is 0 Å². The van der Waals surface area contributed by atoms with Gasteiger partial charge in [-0.25, -0.2) is 9.36 Å². The zero-order valence-corrected chi connectivity index (χ0v) is 22.7. The molecule has 1 saturated heterocycles. The molecule has 2 aliphatic heterocycles. The first-order chi connectivity index (χ1) is 18.2. The summed E-state index contributed by atoms with van der Waals surface area (Å²) >= 11 is 3.50. The van der Waals surface area contributed by atoms with Crippen molar-refractivity contribution in [2.45, 2.75) is 36.5 Å². The van der Waals surface area contributed by atoms with Crippen LogP contribution >= 0.6 is 35.1 Å². The van der Waals surface area contributed by atoms with Gasteiger partial charge in [0.1, 0.15) is 24.2 Å². The van der Waals surface area contributed by atoms with Crippen molar-refractivity contribution in [1.29, 1.82) is 0 Å². The first-order valence-corrected chi connectivity index (χ1v) is 14.0. The Morgan fingerprint density at radius 3 is 2.76 bits per heavy atom. The molecule has 2 amide bonds. The van der Waals surface area contributed by atoms with Crippen molar-refractivity contribution in [2.75, 3.05) is 35.8 Å². The third-order valence-corrected chi connectivity index (χ3v) is 8.42. The summed E-state index contributed by atoms with van der Waals surface area (Å²) in [6, 6.07) is 0.592. The number of hydrogen-bond donors (Lipinski definition) is 5. The third kappa shape index (κ3) is 5.32. The van der Waals surface area contributed by atoms with Gasteiger partial charge in [-0.05, 0) is 23.8 Å². The number of rotatable bonds is 10. The molecule has 38 heavy (non-hydrogen) atoms. The van der Waals surface area contributed by atoms with Crippen LogP contribution in [-0.2, 0) is 25.8 Å². The van der Waals surface area contributed by atoms with Crippen molar-refractivity contribution in [3.05, 3.63) is 23.2 Å². The monoisotopic (exact) mass is 581 g/mol. The molecule has 4 rings (SSSR count). The number of amides is 2. The first kappa shape index (κ1) is 27.4. The maximum atomic E-state index is 13.0. The smallest absolute Gasteiger partial charge is 0.352 e. The average molecular weight is 582 g/mol. The minimum Gasteiger partial charge on any atom is -0.477 e. The lowest BCUT2D eigenvalue weighted by molar-refractivity contribution is -0.723. The Morgan fingerprint density at radius 2 is 2.13 bits per heavy atom. The molecule has 2 aromatic heterocycles. The lowest BCUT2D eigenvalue weighted by Gasteiger charge is -2.49. The predicted octanol–water partition coefficient (Wildman–Crippen LogP) is -0.741. The largest absolute Gasteiger partial charge is 0.477 e. The van der Waals surface area contributed by atoms with Crippen molar-refractivity contribution in [1.82, 2.24) is 24.6 Å². The van der Waals surface area contributed by atoms with E-state index in [0.29, 0.717) is 28.8 Å². The summed E-state index contributed by atoms with van der Waals surface area (Å²) in [4.78, 5) is 52.3. The zero-order valence-electron chi connectivity index (χ0n) is 20.3. The molecule has 0 aromatic carbocycles. The van der Waals surface area contributed by atoms with Gasteiger partial charge in [-0.1, -0.05) is 17.1 Å². The molecule has 0 spiro atoms. The number of nitrogens with two attached hydrogens (primary N) is 3. The third-order valence-electron chi connectivity index (χ3n) is 5.47. The van der Waals surface area contributed by atoms with Crippen molar-refractivity contribution >= 4 is 75.3 Å². The quantitative estimate of drug-likeness (QED) is 0.0582. The number of nitrogens with one attached hydrogen (secondary N) is 1. The lowest BCUT2D eigenvalue weighted by atomic mass is 10.0. The maximum Gasteiger partial charge on any atom is 0.352 e. The minimum atomic E-state index is -1.24. The van der Waals surface area contributed by atoms with Gasteiger partial charge in [-0.3, -0.25) is 14.5 Å². The van der Waals surface area contributed by atoms with Crippen LogP contribution in [0.4, 0.5) is 16.8 Å². The zero-order chi connectivity index (χ0) is 27.6. The van der Waals surface area contributed by atoms with E-state index in [-0.39, 0.29) is 33.9 Å². The molecule has 0 radical (unpaired) electrons. The molecule has 4 heterocycles. The summed E-state index contributed by atoms with van der Waals surface area (Å²) in [5.41, 5.74) is 17.7. The van der Waals surface area contributed by atoms with Crippen molar-refractivity contribution in [3.63, 3.8) is 0 Å². The molecule has 2 aliphatic rings. The number of nitrogen functional groups attached to an aromatic ring is 3. The van der Waals surface area contributed by atoms with Gasteiger partial charge in [0.15, 0.2) is 5.13 Å². The Bertz CT molecular complexity index is 1350. The number of β-lactam (4-membered cyclic amide) rings is 1. The number of carboxylic acids is 1. The number of nitrogens with zero attached hydrogens (tertiary/aromatic N) is 6. The number of carboxylic acid groups (broad SMARTS) is 1. The second kappa shape index (κ2) is 11.4. The lowest BCUT2D eigenvalue weighted by Crippen LogP contribution is -2.71. The molecule has 8 N–H and O–H groups in total. The highest BCUT2D eigenvalue weighted by Crippen LogP contribution is 2.41. The summed E-state index contributed by atoms with van der Waals surface area (Å²) in [6.45, 7) is 2.62. The van der Waals surface area contributed by atoms with Gasteiger partial charge in [-0.2, -0.15) is 9.36 Å². The van der Waals surface area contributed by atoms with E-state index in [1.165, 1.54) is 35.5 Å². The molecule has 202 valence electrons. The van der Waals surface area contributed by atoms with Crippen molar-refractivity contribution in [2.24, 2.45) is 5.16 Å². The highest BCUT2D eigenvalue weighted by molar-refractivity contribution is 8.01. The highest BCUT2D eigenvalue weighted by atomic mass is 32.2. The van der Waals surface area contributed by atoms with E-state index < -0.39 is 29.2 Å². The molecule has 18 heteroatoms.